The van der Waals surface area contributed by atoms with E-state index in [1.807, 2.05) is 51.1 Å². The van der Waals surface area contributed by atoms with Crippen LogP contribution in [0.4, 0.5) is 5.69 Å². The van der Waals surface area contributed by atoms with Gasteiger partial charge in [-0.3, -0.25) is 13.9 Å². The van der Waals surface area contributed by atoms with Gasteiger partial charge in [0.05, 0.1) is 10.6 Å². The van der Waals surface area contributed by atoms with E-state index in [2.05, 4.69) is 21.2 Å². The molecule has 1 atom stereocenters. The molecule has 0 aliphatic heterocycles. The summed E-state index contributed by atoms with van der Waals surface area (Å²) in [5.41, 5.74) is 1.38. The molecular weight excluding hydrogens is 578 g/mol. The van der Waals surface area contributed by atoms with Crippen molar-refractivity contribution in [3.8, 4) is 0 Å². The topological polar surface area (TPSA) is 86.8 Å². The number of hydrogen-bond donors (Lipinski definition) is 1. The maximum Gasteiger partial charge on any atom is 0.264 e. The van der Waals surface area contributed by atoms with Crippen LogP contribution in [0.5, 0.6) is 0 Å². The highest BCUT2D eigenvalue weighted by Gasteiger charge is 2.33. The van der Waals surface area contributed by atoms with Crippen molar-refractivity contribution in [1.29, 1.82) is 0 Å². The number of amides is 2. The standard InChI is InChI=1S/C30H36BrN3O4S/c1-4-28(30(36)32-21-23(2)3)33(20-19-24-11-7-5-8-12-24)29(35)22-34(26-17-15-25(31)16-18-26)39(37,38)27-13-9-6-10-14-27/h5-18,23,28H,4,19-22H2,1-3H3,(H,32,36)/t28-/m0/s1. The van der Waals surface area contributed by atoms with Gasteiger partial charge in [-0.05, 0) is 60.7 Å². The summed E-state index contributed by atoms with van der Waals surface area (Å²) in [6.45, 7) is 6.19. The molecule has 0 fully saturated rings. The number of carbonyl (C=O) groups excluding carboxylic acids is 2. The van der Waals surface area contributed by atoms with Gasteiger partial charge < -0.3 is 10.2 Å². The van der Waals surface area contributed by atoms with Gasteiger partial charge >= 0.3 is 0 Å². The van der Waals surface area contributed by atoms with E-state index in [0.29, 0.717) is 25.1 Å². The van der Waals surface area contributed by atoms with Gasteiger partial charge in [0.2, 0.25) is 11.8 Å². The average Bonchev–Trinajstić information content (AvgIpc) is 2.94. The molecule has 0 spiro atoms. The molecule has 2 amide bonds. The van der Waals surface area contributed by atoms with Crippen LogP contribution in [0.1, 0.15) is 32.8 Å². The van der Waals surface area contributed by atoms with E-state index in [0.717, 1.165) is 14.3 Å². The van der Waals surface area contributed by atoms with Crippen LogP contribution < -0.4 is 9.62 Å². The molecular formula is C30H36BrN3O4S. The number of nitrogens with one attached hydrogen (secondary N) is 1. The summed E-state index contributed by atoms with van der Waals surface area (Å²) in [7, 11) is -4.07. The van der Waals surface area contributed by atoms with Gasteiger partial charge in [0.15, 0.2) is 0 Å². The zero-order valence-corrected chi connectivity index (χ0v) is 25.0. The Labute approximate surface area is 240 Å². The predicted molar refractivity (Wildman–Crippen MR) is 159 cm³/mol. The van der Waals surface area contributed by atoms with Crippen LogP contribution in [0.3, 0.4) is 0 Å². The summed E-state index contributed by atoms with van der Waals surface area (Å²) in [5, 5.41) is 2.94. The number of carbonyl (C=O) groups is 2. The lowest BCUT2D eigenvalue weighted by atomic mass is 10.1. The molecule has 3 rings (SSSR count). The Morgan fingerprint density at radius 2 is 1.49 bits per heavy atom. The van der Waals surface area contributed by atoms with Crippen molar-refractivity contribution in [2.45, 2.75) is 44.6 Å². The van der Waals surface area contributed by atoms with Crippen LogP contribution in [0.2, 0.25) is 0 Å². The lowest BCUT2D eigenvalue weighted by Gasteiger charge is -2.33. The number of nitrogens with zero attached hydrogens (tertiary/aromatic N) is 2. The quantitative estimate of drug-likeness (QED) is 0.285. The highest BCUT2D eigenvalue weighted by atomic mass is 79.9. The van der Waals surface area contributed by atoms with Gasteiger partial charge in [-0.1, -0.05) is 85.2 Å². The smallest absolute Gasteiger partial charge is 0.264 e. The van der Waals surface area contributed by atoms with Crippen LogP contribution in [-0.2, 0) is 26.0 Å². The highest BCUT2D eigenvalue weighted by Crippen LogP contribution is 2.26. The first-order valence-electron chi connectivity index (χ1n) is 13.1. The molecule has 0 unspecified atom stereocenters. The fourth-order valence-electron chi connectivity index (χ4n) is 4.17. The Kier molecular flexibility index (Phi) is 11.1. The predicted octanol–water partition coefficient (Wildman–Crippen LogP) is 5.27. The second-order valence-electron chi connectivity index (χ2n) is 9.69. The molecule has 39 heavy (non-hydrogen) atoms. The van der Waals surface area contributed by atoms with E-state index < -0.39 is 28.5 Å². The lowest BCUT2D eigenvalue weighted by molar-refractivity contribution is -0.139. The summed E-state index contributed by atoms with van der Waals surface area (Å²) >= 11 is 3.39. The number of benzene rings is 3. The Balaban J connectivity index is 1.97. The first-order valence-corrected chi connectivity index (χ1v) is 15.3. The van der Waals surface area contributed by atoms with E-state index >= 15 is 0 Å². The highest BCUT2D eigenvalue weighted by molar-refractivity contribution is 9.10. The largest absolute Gasteiger partial charge is 0.354 e. The normalized spacial score (nSPS) is 12.1. The van der Waals surface area contributed by atoms with E-state index in [9.17, 15) is 18.0 Å². The Morgan fingerprint density at radius 1 is 0.897 bits per heavy atom. The molecule has 0 aliphatic rings. The molecule has 7 nitrogen and oxygen atoms in total. The molecule has 1 N–H and O–H groups in total. The minimum atomic E-state index is -4.07. The SMILES string of the molecule is CC[C@@H](C(=O)NCC(C)C)N(CCc1ccccc1)C(=O)CN(c1ccc(Br)cc1)S(=O)(=O)c1ccccc1. The van der Waals surface area contributed by atoms with Crippen LogP contribution in [0.15, 0.2) is 94.3 Å². The molecule has 0 aromatic heterocycles. The lowest BCUT2D eigenvalue weighted by Crippen LogP contribution is -2.53. The van der Waals surface area contributed by atoms with Gasteiger partial charge in [0.25, 0.3) is 10.0 Å². The minimum absolute atomic E-state index is 0.0817. The second-order valence-corrected chi connectivity index (χ2v) is 12.5. The summed E-state index contributed by atoms with van der Waals surface area (Å²) in [6.07, 6.45) is 0.929. The van der Waals surface area contributed by atoms with E-state index in [1.54, 1.807) is 42.5 Å². The van der Waals surface area contributed by atoms with Crippen molar-refractivity contribution < 1.29 is 18.0 Å². The first-order chi connectivity index (χ1) is 18.6. The first kappa shape index (κ1) is 30.4. The van der Waals surface area contributed by atoms with E-state index in [-0.39, 0.29) is 23.3 Å². The van der Waals surface area contributed by atoms with E-state index in [1.165, 1.54) is 17.0 Å². The van der Waals surface area contributed by atoms with Crippen molar-refractivity contribution in [3.05, 3.63) is 95.0 Å². The molecule has 0 bridgehead atoms. The van der Waals surface area contributed by atoms with Crippen LogP contribution in [0, 0.1) is 5.92 Å². The summed E-state index contributed by atoms with van der Waals surface area (Å²) in [6, 6.07) is 23.8. The maximum absolute atomic E-state index is 14.0. The molecule has 0 aliphatic carbocycles. The molecule has 0 saturated carbocycles. The van der Waals surface area contributed by atoms with Gasteiger partial charge in [0, 0.05) is 17.6 Å². The third-order valence-corrected chi connectivity index (χ3v) is 8.60. The molecule has 3 aromatic carbocycles. The molecule has 0 radical (unpaired) electrons. The zero-order valence-electron chi connectivity index (χ0n) is 22.6. The molecule has 0 heterocycles. The molecule has 0 saturated heterocycles. The summed E-state index contributed by atoms with van der Waals surface area (Å²) in [4.78, 5) is 28.8. The average molecular weight is 615 g/mol. The summed E-state index contributed by atoms with van der Waals surface area (Å²) in [5.74, 6) is -0.433. The van der Waals surface area contributed by atoms with Crippen LogP contribution in [0.25, 0.3) is 0 Å². The van der Waals surface area contributed by atoms with Crippen molar-refractivity contribution in [2.24, 2.45) is 5.92 Å². The number of sulfonamides is 1. The number of halogens is 1. The van der Waals surface area contributed by atoms with Crippen LogP contribution >= 0.6 is 15.9 Å². The van der Waals surface area contributed by atoms with Crippen molar-refractivity contribution in [2.75, 3.05) is 23.9 Å². The third kappa shape index (κ3) is 8.41. The van der Waals surface area contributed by atoms with Crippen molar-refractivity contribution in [3.63, 3.8) is 0 Å². The maximum atomic E-state index is 14.0. The van der Waals surface area contributed by atoms with Crippen molar-refractivity contribution in [1.82, 2.24) is 10.2 Å². The second kappa shape index (κ2) is 14.3. The summed E-state index contributed by atoms with van der Waals surface area (Å²) < 4.78 is 29.4. The van der Waals surface area contributed by atoms with Crippen LogP contribution in [-0.4, -0.2) is 50.8 Å². The minimum Gasteiger partial charge on any atom is -0.354 e. The van der Waals surface area contributed by atoms with E-state index in [4.69, 9.17) is 0 Å². The molecule has 208 valence electrons. The monoisotopic (exact) mass is 613 g/mol. The third-order valence-electron chi connectivity index (χ3n) is 6.28. The number of hydrogen-bond acceptors (Lipinski definition) is 4. The van der Waals surface area contributed by atoms with Gasteiger partial charge in [-0.25, -0.2) is 8.42 Å². The molecule has 3 aromatic rings. The zero-order chi connectivity index (χ0) is 28.4. The Morgan fingerprint density at radius 3 is 2.05 bits per heavy atom. The fourth-order valence-corrected chi connectivity index (χ4v) is 5.87. The Hall–Kier alpha value is -3.17. The van der Waals surface area contributed by atoms with Gasteiger partial charge in [-0.2, -0.15) is 0 Å². The molecule has 9 heteroatoms. The number of rotatable bonds is 13. The fraction of sp³-hybridized carbons (Fsp3) is 0.333. The van der Waals surface area contributed by atoms with Gasteiger partial charge in [0.1, 0.15) is 12.6 Å². The van der Waals surface area contributed by atoms with Gasteiger partial charge in [-0.15, -0.1) is 0 Å². The van der Waals surface area contributed by atoms with Crippen molar-refractivity contribution >= 4 is 43.5 Å². The number of anilines is 1. The Bertz CT molecular complexity index is 1320.